The molecule has 0 saturated carbocycles. The van der Waals surface area contributed by atoms with Crippen LogP contribution in [0.2, 0.25) is 0 Å². The van der Waals surface area contributed by atoms with Crippen molar-refractivity contribution in [3.05, 3.63) is 29.8 Å². The van der Waals surface area contributed by atoms with E-state index >= 15 is 0 Å². The summed E-state index contributed by atoms with van der Waals surface area (Å²) in [4.78, 5) is 15.7. The van der Waals surface area contributed by atoms with Gasteiger partial charge in [0, 0.05) is 12.6 Å². The molecular weight excluding hydrogens is 236 g/mol. The Labute approximate surface area is 103 Å². The summed E-state index contributed by atoms with van der Waals surface area (Å²) in [6.45, 7) is 1.63. The number of ether oxygens (including phenoxy) is 1. The highest BCUT2D eigenvalue weighted by atomic mass is 16.5. The van der Waals surface area contributed by atoms with E-state index < -0.39 is 12.1 Å². The number of aromatic nitrogens is 2. The van der Waals surface area contributed by atoms with Crippen LogP contribution in [-0.4, -0.2) is 38.8 Å². The molecule has 96 valence electrons. The molecule has 0 radical (unpaired) electrons. The van der Waals surface area contributed by atoms with Crippen LogP contribution in [0, 0.1) is 0 Å². The molecule has 2 aromatic heterocycles. The van der Waals surface area contributed by atoms with Gasteiger partial charge in [0.05, 0.1) is 13.2 Å². The quantitative estimate of drug-likeness (QED) is 0.785. The fourth-order valence-electron chi connectivity index (χ4n) is 1.83. The zero-order chi connectivity index (χ0) is 13.3. The van der Waals surface area contributed by atoms with Crippen LogP contribution in [0.4, 0.5) is 0 Å². The Morgan fingerprint density at radius 3 is 2.94 bits per heavy atom. The largest absolute Gasteiger partial charge is 0.506 e. The molecule has 18 heavy (non-hydrogen) atoms. The number of methoxy groups -OCH3 is 1. The first-order valence-corrected chi connectivity index (χ1v) is 5.50. The van der Waals surface area contributed by atoms with Crippen molar-refractivity contribution < 1.29 is 19.7 Å². The van der Waals surface area contributed by atoms with Gasteiger partial charge in [0.25, 0.3) is 0 Å². The van der Waals surface area contributed by atoms with Gasteiger partial charge in [-0.05, 0) is 19.1 Å². The number of aromatic hydroxyl groups is 1. The summed E-state index contributed by atoms with van der Waals surface area (Å²) in [6.07, 6.45) is 1.36. The second-order valence-corrected chi connectivity index (χ2v) is 4.03. The van der Waals surface area contributed by atoms with Gasteiger partial charge in [-0.2, -0.15) is 0 Å². The lowest BCUT2D eigenvalue weighted by Gasteiger charge is -2.03. The molecule has 0 bridgehead atoms. The molecule has 6 nitrogen and oxygen atoms in total. The molecule has 0 spiro atoms. The molecule has 6 heteroatoms. The van der Waals surface area contributed by atoms with Crippen LogP contribution in [0.15, 0.2) is 18.3 Å². The number of imidazole rings is 1. The average molecular weight is 250 g/mol. The predicted molar refractivity (Wildman–Crippen MR) is 63.6 cm³/mol. The van der Waals surface area contributed by atoms with Gasteiger partial charge in [0.15, 0.2) is 5.69 Å². The Kier molecular flexibility index (Phi) is 3.20. The lowest BCUT2D eigenvalue weighted by molar-refractivity contribution is 0.0596. The maximum atomic E-state index is 11.6. The Balaban J connectivity index is 2.67. The van der Waals surface area contributed by atoms with Gasteiger partial charge < -0.3 is 14.9 Å². The molecule has 0 aliphatic rings. The summed E-state index contributed by atoms with van der Waals surface area (Å²) in [5.74, 6) is -0.176. The van der Waals surface area contributed by atoms with Crippen LogP contribution < -0.4 is 0 Å². The number of hydrogen-bond acceptors (Lipinski definition) is 5. The molecule has 0 fully saturated rings. The van der Waals surface area contributed by atoms with E-state index in [0.717, 1.165) is 0 Å². The van der Waals surface area contributed by atoms with Crippen LogP contribution in [0.3, 0.4) is 0 Å². The first kappa shape index (κ1) is 12.4. The van der Waals surface area contributed by atoms with Gasteiger partial charge >= 0.3 is 5.97 Å². The number of aliphatic hydroxyl groups is 1. The van der Waals surface area contributed by atoms with Crippen LogP contribution in [-0.2, 0) is 11.2 Å². The van der Waals surface area contributed by atoms with E-state index in [1.807, 2.05) is 0 Å². The molecular formula is C12H14N2O4. The lowest BCUT2D eigenvalue weighted by Crippen LogP contribution is -2.08. The van der Waals surface area contributed by atoms with E-state index in [1.165, 1.54) is 13.2 Å². The zero-order valence-electron chi connectivity index (χ0n) is 10.1. The topological polar surface area (TPSA) is 84.1 Å². The van der Waals surface area contributed by atoms with Gasteiger partial charge in [0.2, 0.25) is 0 Å². The van der Waals surface area contributed by atoms with Crippen molar-refractivity contribution in [3.63, 3.8) is 0 Å². The average Bonchev–Trinajstić information content (AvgIpc) is 2.68. The molecule has 1 unspecified atom stereocenters. The molecule has 0 aromatic carbocycles. The Morgan fingerprint density at radius 2 is 2.33 bits per heavy atom. The fourth-order valence-corrected chi connectivity index (χ4v) is 1.83. The van der Waals surface area contributed by atoms with Gasteiger partial charge in [-0.1, -0.05) is 0 Å². The minimum atomic E-state index is -0.620. The summed E-state index contributed by atoms with van der Waals surface area (Å²) in [5, 5.41) is 19.2. The Morgan fingerprint density at radius 1 is 1.61 bits per heavy atom. The van der Waals surface area contributed by atoms with Crippen LogP contribution in [0.1, 0.15) is 23.2 Å². The molecule has 2 aromatic rings. The number of esters is 1. The van der Waals surface area contributed by atoms with Crippen molar-refractivity contribution >= 4 is 11.5 Å². The molecule has 0 aliphatic heterocycles. The minimum Gasteiger partial charge on any atom is -0.506 e. The van der Waals surface area contributed by atoms with E-state index in [0.29, 0.717) is 11.3 Å². The molecule has 0 aliphatic carbocycles. The highest BCUT2D eigenvalue weighted by Gasteiger charge is 2.21. The normalized spacial score (nSPS) is 12.6. The third kappa shape index (κ3) is 2.02. The number of aliphatic hydroxyl groups excluding tert-OH is 1. The first-order chi connectivity index (χ1) is 8.54. The van der Waals surface area contributed by atoms with Gasteiger partial charge in [-0.3, -0.25) is 4.40 Å². The van der Waals surface area contributed by atoms with E-state index in [-0.39, 0.29) is 17.9 Å². The predicted octanol–water partition coefficient (Wildman–Crippen LogP) is 0.750. The lowest BCUT2D eigenvalue weighted by atomic mass is 10.3. The maximum Gasteiger partial charge on any atom is 0.359 e. The number of pyridine rings is 1. The van der Waals surface area contributed by atoms with E-state index in [1.54, 1.807) is 23.6 Å². The number of rotatable bonds is 3. The number of hydrogen-bond donors (Lipinski definition) is 2. The highest BCUT2D eigenvalue weighted by Crippen LogP contribution is 2.24. The number of carbonyl (C=O) groups excluding carboxylic acids is 1. The minimum absolute atomic E-state index is 0.0475. The van der Waals surface area contributed by atoms with Crippen molar-refractivity contribution in [2.75, 3.05) is 7.11 Å². The van der Waals surface area contributed by atoms with Crippen LogP contribution in [0.25, 0.3) is 5.52 Å². The molecule has 2 heterocycles. The van der Waals surface area contributed by atoms with E-state index in [2.05, 4.69) is 9.72 Å². The summed E-state index contributed by atoms with van der Waals surface area (Å²) in [6, 6.07) is 3.10. The van der Waals surface area contributed by atoms with Crippen molar-refractivity contribution in [3.8, 4) is 5.75 Å². The van der Waals surface area contributed by atoms with Crippen molar-refractivity contribution in [2.24, 2.45) is 0 Å². The molecule has 0 amide bonds. The summed E-state index contributed by atoms with van der Waals surface area (Å²) in [5.41, 5.74) is 0.339. The van der Waals surface area contributed by atoms with E-state index in [4.69, 9.17) is 0 Å². The zero-order valence-corrected chi connectivity index (χ0v) is 10.1. The number of nitrogens with zero attached hydrogens (tertiary/aromatic N) is 2. The molecule has 0 saturated heterocycles. The Bertz CT molecular complexity index is 589. The maximum absolute atomic E-state index is 11.6. The highest BCUT2D eigenvalue weighted by molar-refractivity contribution is 5.96. The fraction of sp³-hybridized carbons (Fsp3) is 0.333. The smallest absolute Gasteiger partial charge is 0.359 e. The number of carbonyl (C=O) groups is 1. The summed E-state index contributed by atoms with van der Waals surface area (Å²) >= 11 is 0. The van der Waals surface area contributed by atoms with Crippen LogP contribution in [0.5, 0.6) is 5.75 Å². The van der Waals surface area contributed by atoms with Crippen molar-refractivity contribution in [1.29, 1.82) is 0 Å². The molecule has 2 rings (SSSR count). The van der Waals surface area contributed by atoms with Crippen LogP contribution >= 0.6 is 0 Å². The van der Waals surface area contributed by atoms with Crippen molar-refractivity contribution in [2.45, 2.75) is 19.4 Å². The van der Waals surface area contributed by atoms with Gasteiger partial charge in [-0.25, -0.2) is 9.78 Å². The third-order valence-corrected chi connectivity index (χ3v) is 2.57. The molecule has 1 atom stereocenters. The molecule has 2 N–H and O–H groups in total. The SMILES string of the molecule is COC(=O)c1nc(CC(C)O)n2cccc(O)c12. The van der Waals surface area contributed by atoms with E-state index in [9.17, 15) is 15.0 Å². The third-order valence-electron chi connectivity index (χ3n) is 2.57. The first-order valence-electron chi connectivity index (χ1n) is 5.50. The second-order valence-electron chi connectivity index (χ2n) is 4.03. The van der Waals surface area contributed by atoms with Gasteiger partial charge in [0.1, 0.15) is 17.1 Å². The number of fused-ring (bicyclic) bond motifs is 1. The monoisotopic (exact) mass is 250 g/mol. The summed E-state index contributed by atoms with van der Waals surface area (Å²) < 4.78 is 6.21. The second kappa shape index (κ2) is 4.66. The summed E-state index contributed by atoms with van der Waals surface area (Å²) in [7, 11) is 1.25. The van der Waals surface area contributed by atoms with Gasteiger partial charge in [-0.15, -0.1) is 0 Å². The Hall–Kier alpha value is -2.08. The van der Waals surface area contributed by atoms with Crippen molar-refractivity contribution in [1.82, 2.24) is 9.38 Å². The standard InChI is InChI=1S/C12H14N2O4/c1-7(15)6-9-13-10(12(17)18-2)11-8(16)4-3-5-14(9)11/h3-5,7,15-16H,6H2,1-2H3.